The third-order valence-electron chi connectivity index (χ3n) is 3.65. The number of hydrogen-bond donors (Lipinski definition) is 0. The van der Waals surface area contributed by atoms with Crippen LogP contribution in [0.25, 0.3) is 5.57 Å². The lowest BCUT2D eigenvalue weighted by Gasteiger charge is -2.14. The van der Waals surface area contributed by atoms with Crippen LogP contribution in [-0.4, -0.2) is 12.1 Å². The standard InChI is InChI=1S/C17H20O2/c1-4-9-15-14(5-2)16(17(18)19-15)12(3)13-10-7-6-8-11-13/h5-8,10-11,14-15H,2,4,9H2,1,3H3/b16-12+/t14-,15-/m0/s1. The Balaban J connectivity index is 2.42. The minimum absolute atomic E-state index is 0.00709. The lowest BCUT2D eigenvalue weighted by molar-refractivity contribution is -0.139. The molecular weight excluding hydrogens is 236 g/mol. The number of ether oxygens (including phenoxy) is 1. The number of hydrogen-bond acceptors (Lipinski definition) is 2. The quantitative estimate of drug-likeness (QED) is 0.462. The summed E-state index contributed by atoms with van der Waals surface area (Å²) in [6.45, 7) is 7.95. The van der Waals surface area contributed by atoms with Crippen LogP contribution >= 0.6 is 0 Å². The molecule has 2 atom stereocenters. The molecule has 0 amide bonds. The second kappa shape index (κ2) is 5.87. The highest BCUT2D eigenvalue weighted by molar-refractivity contribution is 6.00. The Morgan fingerprint density at radius 3 is 2.63 bits per heavy atom. The van der Waals surface area contributed by atoms with Crippen molar-refractivity contribution in [3.05, 3.63) is 54.1 Å². The first kappa shape index (κ1) is 13.6. The number of benzene rings is 1. The van der Waals surface area contributed by atoms with E-state index in [1.54, 1.807) is 0 Å². The molecule has 0 radical (unpaired) electrons. The molecule has 0 unspecified atom stereocenters. The zero-order chi connectivity index (χ0) is 13.8. The van der Waals surface area contributed by atoms with E-state index in [2.05, 4.69) is 13.5 Å². The zero-order valence-electron chi connectivity index (χ0n) is 11.6. The number of rotatable bonds is 4. The molecule has 1 fully saturated rings. The summed E-state index contributed by atoms with van der Waals surface area (Å²) in [5.41, 5.74) is 2.83. The Labute approximate surface area is 114 Å². The van der Waals surface area contributed by atoms with Crippen LogP contribution in [0.4, 0.5) is 0 Å². The molecule has 0 saturated carbocycles. The van der Waals surface area contributed by atoms with Gasteiger partial charge in [-0.05, 0) is 24.5 Å². The number of allylic oxidation sites excluding steroid dienone is 1. The molecule has 1 heterocycles. The number of carbonyl (C=O) groups excluding carboxylic acids is 1. The summed E-state index contributed by atoms with van der Waals surface area (Å²) in [4.78, 5) is 12.1. The molecule has 1 aromatic carbocycles. The van der Waals surface area contributed by atoms with E-state index in [1.807, 2.05) is 43.3 Å². The summed E-state index contributed by atoms with van der Waals surface area (Å²) < 4.78 is 5.49. The molecule has 1 saturated heterocycles. The van der Waals surface area contributed by atoms with Crippen LogP contribution in [0.3, 0.4) is 0 Å². The van der Waals surface area contributed by atoms with E-state index in [4.69, 9.17) is 4.74 Å². The molecule has 100 valence electrons. The van der Waals surface area contributed by atoms with Crippen molar-refractivity contribution in [1.29, 1.82) is 0 Å². The van der Waals surface area contributed by atoms with E-state index in [0.29, 0.717) is 0 Å². The lowest BCUT2D eigenvalue weighted by atomic mass is 9.88. The van der Waals surface area contributed by atoms with Gasteiger partial charge in [0.2, 0.25) is 0 Å². The average Bonchev–Trinajstić information content (AvgIpc) is 2.75. The van der Waals surface area contributed by atoms with Gasteiger partial charge < -0.3 is 4.74 Å². The summed E-state index contributed by atoms with van der Waals surface area (Å²) in [6.07, 6.45) is 3.67. The maximum atomic E-state index is 12.1. The molecular formula is C17H20O2. The van der Waals surface area contributed by atoms with E-state index >= 15 is 0 Å². The largest absolute Gasteiger partial charge is 0.458 e. The Morgan fingerprint density at radius 2 is 2.05 bits per heavy atom. The Morgan fingerprint density at radius 1 is 1.37 bits per heavy atom. The van der Waals surface area contributed by atoms with E-state index in [0.717, 1.165) is 29.6 Å². The van der Waals surface area contributed by atoms with Crippen LogP contribution in [-0.2, 0) is 9.53 Å². The molecule has 0 aromatic heterocycles. The fraction of sp³-hybridized carbons (Fsp3) is 0.353. The minimum Gasteiger partial charge on any atom is -0.458 e. The zero-order valence-corrected chi connectivity index (χ0v) is 11.6. The van der Waals surface area contributed by atoms with Gasteiger partial charge in [0.05, 0.1) is 5.57 Å². The second-order valence-corrected chi connectivity index (χ2v) is 4.90. The van der Waals surface area contributed by atoms with Gasteiger partial charge in [-0.1, -0.05) is 49.8 Å². The molecule has 1 aliphatic heterocycles. The molecule has 0 spiro atoms. The van der Waals surface area contributed by atoms with Crippen LogP contribution in [0.1, 0.15) is 32.3 Å². The molecule has 1 aromatic rings. The van der Waals surface area contributed by atoms with Gasteiger partial charge in [-0.15, -0.1) is 6.58 Å². The third-order valence-corrected chi connectivity index (χ3v) is 3.65. The molecule has 0 aliphatic carbocycles. The van der Waals surface area contributed by atoms with Crippen LogP contribution < -0.4 is 0 Å². The van der Waals surface area contributed by atoms with Crippen molar-refractivity contribution >= 4 is 11.5 Å². The Bertz CT molecular complexity index is 499. The monoisotopic (exact) mass is 256 g/mol. The van der Waals surface area contributed by atoms with Crippen molar-refractivity contribution < 1.29 is 9.53 Å². The van der Waals surface area contributed by atoms with Gasteiger partial charge in [0.1, 0.15) is 6.10 Å². The number of cyclic esters (lactones) is 1. The highest BCUT2D eigenvalue weighted by Crippen LogP contribution is 2.36. The van der Waals surface area contributed by atoms with Crippen molar-refractivity contribution in [1.82, 2.24) is 0 Å². The van der Waals surface area contributed by atoms with Gasteiger partial charge >= 0.3 is 5.97 Å². The fourth-order valence-electron chi connectivity index (χ4n) is 2.64. The van der Waals surface area contributed by atoms with Crippen LogP contribution in [0.15, 0.2) is 48.6 Å². The van der Waals surface area contributed by atoms with Crippen molar-refractivity contribution in [3.8, 4) is 0 Å². The first-order valence-corrected chi connectivity index (χ1v) is 6.78. The van der Waals surface area contributed by atoms with Crippen molar-refractivity contribution in [2.75, 3.05) is 0 Å². The van der Waals surface area contributed by atoms with E-state index in [9.17, 15) is 4.79 Å². The van der Waals surface area contributed by atoms with Gasteiger partial charge in [0.15, 0.2) is 0 Å². The molecule has 2 nitrogen and oxygen atoms in total. The van der Waals surface area contributed by atoms with Crippen LogP contribution in [0, 0.1) is 5.92 Å². The van der Waals surface area contributed by atoms with Crippen molar-refractivity contribution in [2.45, 2.75) is 32.8 Å². The molecule has 2 heteroatoms. The third kappa shape index (κ3) is 2.62. The van der Waals surface area contributed by atoms with Crippen LogP contribution in [0.2, 0.25) is 0 Å². The normalized spacial score (nSPS) is 25.1. The SMILES string of the molecule is C=C[C@@H]1/C(=C(/C)c2ccccc2)C(=O)O[C@H]1CCC. The molecule has 2 rings (SSSR count). The van der Waals surface area contributed by atoms with Crippen molar-refractivity contribution in [3.63, 3.8) is 0 Å². The number of esters is 1. The summed E-state index contributed by atoms with van der Waals surface area (Å²) in [5.74, 6) is -0.183. The summed E-state index contributed by atoms with van der Waals surface area (Å²) in [7, 11) is 0. The first-order valence-electron chi connectivity index (χ1n) is 6.78. The maximum absolute atomic E-state index is 12.1. The van der Waals surface area contributed by atoms with Gasteiger partial charge in [0, 0.05) is 5.92 Å². The summed E-state index contributed by atoms with van der Waals surface area (Å²) in [5, 5.41) is 0. The van der Waals surface area contributed by atoms with E-state index in [-0.39, 0.29) is 18.0 Å². The highest BCUT2D eigenvalue weighted by atomic mass is 16.6. The molecule has 0 N–H and O–H groups in total. The predicted octanol–water partition coefficient (Wildman–Crippen LogP) is 3.99. The van der Waals surface area contributed by atoms with Gasteiger partial charge in [-0.25, -0.2) is 4.79 Å². The van der Waals surface area contributed by atoms with E-state index < -0.39 is 0 Å². The van der Waals surface area contributed by atoms with Gasteiger partial charge in [0.25, 0.3) is 0 Å². The highest BCUT2D eigenvalue weighted by Gasteiger charge is 2.38. The number of carbonyl (C=O) groups is 1. The molecule has 19 heavy (non-hydrogen) atoms. The Hall–Kier alpha value is -1.83. The topological polar surface area (TPSA) is 26.3 Å². The first-order chi connectivity index (χ1) is 9.19. The van der Waals surface area contributed by atoms with Gasteiger partial charge in [-0.2, -0.15) is 0 Å². The fourth-order valence-corrected chi connectivity index (χ4v) is 2.64. The second-order valence-electron chi connectivity index (χ2n) is 4.90. The predicted molar refractivity (Wildman–Crippen MR) is 77.5 cm³/mol. The Kier molecular flexibility index (Phi) is 4.20. The maximum Gasteiger partial charge on any atom is 0.335 e. The molecule has 0 bridgehead atoms. The van der Waals surface area contributed by atoms with Gasteiger partial charge in [-0.3, -0.25) is 0 Å². The molecule has 1 aliphatic rings. The summed E-state index contributed by atoms with van der Waals surface area (Å²) >= 11 is 0. The van der Waals surface area contributed by atoms with Crippen molar-refractivity contribution in [2.24, 2.45) is 5.92 Å². The van der Waals surface area contributed by atoms with Crippen LogP contribution in [0.5, 0.6) is 0 Å². The summed E-state index contributed by atoms with van der Waals surface area (Å²) in [6, 6.07) is 9.96. The smallest absolute Gasteiger partial charge is 0.335 e. The minimum atomic E-state index is -0.190. The van der Waals surface area contributed by atoms with E-state index in [1.165, 1.54) is 0 Å². The lowest BCUT2D eigenvalue weighted by Crippen LogP contribution is -2.14. The average molecular weight is 256 g/mol.